The van der Waals surface area contributed by atoms with Gasteiger partial charge in [-0.25, -0.2) is 0 Å². The third-order valence-electron chi connectivity index (χ3n) is 3.17. The van der Waals surface area contributed by atoms with Gasteiger partial charge in [0, 0.05) is 32.0 Å². The second-order valence-corrected chi connectivity index (χ2v) is 5.18. The minimum atomic E-state index is -1.18. The number of aliphatic hydroxyl groups is 2. The van der Waals surface area contributed by atoms with Crippen molar-refractivity contribution in [3.05, 3.63) is 22.7 Å². The average Bonchev–Trinajstić information content (AvgIpc) is 2.65. The predicted octanol–water partition coefficient (Wildman–Crippen LogP) is 0.769. The summed E-state index contributed by atoms with van der Waals surface area (Å²) >= 11 is 6.17. The van der Waals surface area contributed by atoms with Crippen LogP contribution in [0.4, 0.5) is 11.4 Å². The summed E-state index contributed by atoms with van der Waals surface area (Å²) in [5.41, 5.74) is 1.67. The van der Waals surface area contributed by atoms with E-state index >= 15 is 0 Å². The smallest absolute Gasteiger partial charge is 0.257 e. The molecule has 1 amide bonds. The van der Waals surface area contributed by atoms with Crippen molar-refractivity contribution in [2.75, 3.05) is 37.5 Å². The number of methoxy groups -OCH3 is 1. The topological polar surface area (TPSA) is 82.0 Å². The van der Waals surface area contributed by atoms with Gasteiger partial charge in [-0.3, -0.25) is 4.79 Å². The van der Waals surface area contributed by atoms with Gasteiger partial charge in [0.2, 0.25) is 0 Å². The molecule has 2 atom stereocenters. The number of anilines is 2. The quantitative estimate of drug-likeness (QED) is 0.748. The maximum Gasteiger partial charge on any atom is 0.257 e. The number of fused-ring (bicyclic) bond motifs is 1. The second-order valence-electron chi connectivity index (χ2n) is 4.77. The van der Waals surface area contributed by atoms with E-state index in [0.717, 1.165) is 0 Å². The molecule has 0 aliphatic carbocycles. The Kier molecular flexibility index (Phi) is 4.49. The molecule has 2 unspecified atom stereocenters. The van der Waals surface area contributed by atoms with E-state index in [9.17, 15) is 15.0 Å². The molecule has 0 saturated carbocycles. The SMILES string of the molecule is COCC(O)CN(C)c1cc2c(cc1Cl)C(O)C(=O)N2. The van der Waals surface area contributed by atoms with E-state index in [4.69, 9.17) is 16.3 Å². The number of carbonyl (C=O) groups is 1. The zero-order valence-electron chi connectivity index (χ0n) is 11.3. The number of likely N-dealkylation sites (N-methyl/N-ethyl adjacent to an activating group) is 1. The van der Waals surface area contributed by atoms with Crippen LogP contribution < -0.4 is 10.2 Å². The van der Waals surface area contributed by atoms with Crippen molar-refractivity contribution in [1.29, 1.82) is 0 Å². The van der Waals surface area contributed by atoms with Gasteiger partial charge in [-0.1, -0.05) is 11.6 Å². The first-order valence-electron chi connectivity index (χ1n) is 6.14. The number of benzene rings is 1. The van der Waals surface area contributed by atoms with Crippen molar-refractivity contribution in [1.82, 2.24) is 0 Å². The first kappa shape index (κ1) is 15.1. The second kappa shape index (κ2) is 5.97. The molecule has 0 spiro atoms. The molecule has 0 radical (unpaired) electrons. The van der Waals surface area contributed by atoms with Gasteiger partial charge in [-0.2, -0.15) is 0 Å². The molecule has 110 valence electrons. The maximum absolute atomic E-state index is 11.4. The van der Waals surface area contributed by atoms with Gasteiger partial charge < -0.3 is 25.2 Å². The van der Waals surface area contributed by atoms with Gasteiger partial charge in [0.05, 0.1) is 23.4 Å². The molecule has 1 aliphatic heterocycles. The third-order valence-corrected chi connectivity index (χ3v) is 3.48. The van der Waals surface area contributed by atoms with Crippen LogP contribution in [0.25, 0.3) is 0 Å². The number of halogens is 1. The summed E-state index contributed by atoms with van der Waals surface area (Å²) in [6.07, 6.45) is -1.82. The molecule has 0 fully saturated rings. The van der Waals surface area contributed by atoms with Crippen molar-refractivity contribution in [2.45, 2.75) is 12.2 Å². The highest BCUT2D eigenvalue weighted by Crippen LogP contribution is 2.38. The fourth-order valence-electron chi connectivity index (χ4n) is 2.21. The van der Waals surface area contributed by atoms with E-state index < -0.39 is 18.1 Å². The maximum atomic E-state index is 11.4. The number of nitrogens with zero attached hydrogens (tertiary/aromatic N) is 1. The number of amides is 1. The van der Waals surface area contributed by atoms with Crippen LogP contribution in [0, 0.1) is 0 Å². The van der Waals surface area contributed by atoms with Crippen LogP contribution in [0.3, 0.4) is 0 Å². The van der Waals surface area contributed by atoms with Gasteiger partial charge >= 0.3 is 0 Å². The molecule has 7 heteroatoms. The van der Waals surface area contributed by atoms with E-state index in [1.807, 2.05) is 0 Å². The zero-order valence-corrected chi connectivity index (χ0v) is 12.0. The summed E-state index contributed by atoms with van der Waals surface area (Å²) in [7, 11) is 3.29. The summed E-state index contributed by atoms with van der Waals surface area (Å²) in [5.74, 6) is -0.463. The number of nitrogens with one attached hydrogen (secondary N) is 1. The molecule has 2 rings (SSSR count). The van der Waals surface area contributed by atoms with Crippen LogP contribution in [-0.2, 0) is 9.53 Å². The molecule has 1 heterocycles. The van der Waals surface area contributed by atoms with Gasteiger partial charge in [-0.05, 0) is 12.1 Å². The minimum absolute atomic E-state index is 0.225. The minimum Gasteiger partial charge on any atom is -0.389 e. The number of hydrogen-bond acceptors (Lipinski definition) is 5. The van der Waals surface area contributed by atoms with E-state index in [0.29, 0.717) is 28.5 Å². The number of rotatable bonds is 5. The number of carbonyl (C=O) groups excluding carboxylic acids is 1. The number of hydrogen-bond donors (Lipinski definition) is 3. The lowest BCUT2D eigenvalue weighted by Crippen LogP contribution is -2.32. The van der Waals surface area contributed by atoms with Crippen molar-refractivity contribution in [3.8, 4) is 0 Å². The largest absolute Gasteiger partial charge is 0.389 e. The van der Waals surface area contributed by atoms with Gasteiger partial charge in [0.15, 0.2) is 6.10 Å². The summed E-state index contributed by atoms with van der Waals surface area (Å²) in [4.78, 5) is 13.2. The van der Waals surface area contributed by atoms with Crippen molar-refractivity contribution < 1.29 is 19.7 Å². The predicted molar refractivity (Wildman–Crippen MR) is 76.2 cm³/mol. The molecule has 3 N–H and O–H groups in total. The lowest BCUT2D eigenvalue weighted by atomic mass is 10.1. The summed E-state index contributed by atoms with van der Waals surface area (Å²) in [6.45, 7) is 0.561. The van der Waals surface area contributed by atoms with E-state index in [1.54, 1.807) is 24.1 Å². The van der Waals surface area contributed by atoms with Crippen LogP contribution in [0.1, 0.15) is 11.7 Å². The first-order valence-corrected chi connectivity index (χ1v) is 6.52. The summed E-state index contributed by atoms with van der Waals surface area (Å²) in [6, 6.07) is 3.25. The fourth-order valence-corrected chi connectivity index (χ4v) is 2.52. The monoisotopic (exact) mass is 300 g/mol. The average molecular weight is 301 g/mol. The Labute approximate surface area is 121 Å². The van der Waals surface area contributed by atoms with E-state index in [2.05, 4.69) is 5.32 Å². The Hall–Kier alpha value is -1.34. The fraction of sp³-hybridized carbons (Fsp3) is 0.462. The molecule has 0 bridgehead atoms. The molecule has 0 saturated heterocycles. The number of aliphatic hydroxyl groups excluding tert-OH is 2. The molecule has 1 aromatic carbocycles. The summed E-state index contributed by atoms with van der Waals surface area (Å²) in [5, 5.41) is 22.4. The van der Waals surface area contributed by atoms with Crippen molar-refractivity contribution in [3.63, 3.8) is 0 Å². The normalized spacial score (nSPS) is 18.6. The van der Waals surface area contributed by atoms with Crippen molar-refractivity contribution >= 4 is 28.9 Å². The highest BCUT2D eigenvalue weighted by atomic mass is 35.5. The molecule has 1 aromatic rings. The molecule has 20 heavy (non-hydrogen) atoms. The Morgan fingerprint density at radius 3 is 2.90 bits per heavy atom. The lowest BCUT2D eigenvalue weighted by molar-refractivity contribution is -0.123. The van der Waals surface area contributed by atoms with E-state index in [1.165, 1.54) is 7.11 Å². The van der Waals surface area contributed by atoms with Gasteiger partial charge in [0.25, 0.3) is 5.91 Å². The molecule has 1 aliphatic rings. The lowest BCUT2D eigenvalue weighted by Gasteiger charge is -2.24. The van der Waals surface area contributed by atoms with Gasteiger partial charge in [0.1, 0.15) is 0 Å². The standard InChI is InChI=1S/C13H17ClN2O4/c1-16(5-7(17)6-20-2)11-4-10-8(3-9(11)14)12(18)13(19)15-10/h3-4,7,12,17-18H,5-6H2,1-2H3,(H,15,19). The Bertz CT molecular complexity index is 523. The van der Waals surface area contributed by atoms with Crippen LogP contribution in [-0.4, -0.2) is 49.5 Å². The van der Waals surface area contributed by atoms with Gasteiger partial charge in [-0.15, -0.1) is 0 Å². The van der Waals surface area contributed by atoms with Crippen LogP contribution in [0.15, 0.2) is 12.1 Å². The molecule has 6 nitrogen and oxygen atoms in total. The third kappa shape index (κ3) is 2.88. The van der Waals surface area contributed by atoms with Crippen molar-refractivity contribution in [2.24, 2.45) is 0 Å². The Morgan fingerprint density at radius 1 is 1.55 bits per heavy atom. The zero-order chi connectivity index (χ0) is 14.9. The van der Waals surface area contributed by atoms with Crippen LogP contribution in [0.5, 0.6) is 0 Å². The van der Waals surface area contributed by atoms with Crippen LogP contribution in [0.2, 0.25) is 5.02 Å². The highest BCUT2D eigenvalue weighted by molar-refractivity contribution is 6.33. The molecule has 0 aromatic heterocycles. The number of ether oxygens (including phenoxy) is 1. The first-order chi connectivity index (χ1) is 9.43. The highest BCUT2D eigenvalue weighted by Gasteiger charge is 2.30. The van der Waals surface area contributed by atoms with Crippen LogP contribution >= 0.6 is 11.6 Å². The molecular formula is C13H17ClN2O4. The Morgan fingerprint density at radius 2 is 2.25 bits per heavy atom. The Balaban J connectivity index is 2.22. The summed E-state index contributed by atoms with van der Waals surface area (Å²) < 4.78 is 4.87. The van der Waals surface area contributed by atoms with E-state index in [-0.39, 0.29) is 6.61 Å². The molecular weight excluding hydrogens is 284 g/mol.